The zero-order valence-electron chi connectivity index (χ0n) is 13.3. The molecule has 0 bridgehead atoms. The third-order valence-corrected chi connectivity index (χ3v) is 6.10. The number of hydrogen-bond donors (Lipinski definition) is 2. The molecule has 1 fully saturated rings. The van der Waals surface area contributed by atoms with Crippen molar-refractivity contribution in [3.63, 3.8) is 0 Å². The van der Waals surface area contributed by atoms with Crippen LogP contribution in [-0.2, 0) is 16.0 Å². The van der Waals surface area contributed by atoms with E-state index in [0.29, 0.717) is 12.0 Å². The van der Waals surface area contributed by atoms with Crippen LogP contribution >= 0.6 is 35.8 Å². The Balaban J connectivity index is 0.00000225. The summed E-state index contributed by atoms with van der Waals surface area (Å²) >= 11 is 7.52. The van der Waals surface area contributed by atoms with Crippen molar-refractivity contribution in [3.05, 3.63) is 41.1 Å². The van der Waals surface area contributed by atoms with E-state index in [2.05, 4.69) is 0 Å². The molecule has 1 unspecified atom stereocenters. The number of fused-ring (bicyclic) bond motifs is 1. The summed E-state index contributed by atoms with van der Waals surface area (Å²) in [6.45, 7) is 0. The number of halogens is 2. The van der Waals surface area contributed by atoms with Crippen molar-refractivity contribution in [2.75, 3.05) is 13.0 Å². The number of aliphatic carboxylic acids is 1. The zero-order chi connectivity index (χ0) is 17.4. The molecular weight excluding hydrogens is 387 g/mol. The number of rotatable bonds is 5. The van der Waals surface area contributed by atoms with Gasteiger partial charge in [0, 0.05) is 11.1 Å². The molecule has 0 radical (unpaired) electrons. The molecule has 3 N–H and O–H groups in total. The van der Waals surface area contributed by atoms with Crippen LogP contribution in [0.5, 0.6) is 5.75 Å². The first-order chi connectivity index (χ1) is 11.5. The lowest BCUT2D eigenvalue weighted by atomic mass is 9.98. The SMILES string of the molecule is COc1ccc(CC2S[C@@H]3[C@@H](N)C(=O)N3C(C(=O)O)=C2CCl)cc1.Cl. The summed E-state index contributed by atoms with van der Waals surface area (Å²) in [7, 11) is 1.60. The Bertz CT molecular complexity index is 711. The van der Waals surface area contributed by atoms with E-state index in [1.54, 1.807) is 7.11 Å². The maximum absolute atomic E-state index is 11.9. The Morgan fingerprint density at radius 1 is 1.40 bits per heavy atom. The second-order valence-corrected chi connectivity index (χ2v) is 7.21. The van der Waals surface area contributed by atoms with Gasteiger partial charge in [-0.25, -0.2) is 4.79 Å². The maximum atomic E-state index is 11.9. The fourth-order valence-electron chi connectivity index (χ4n) is 2.96. The number of ether oxygens (including phenoxy) is 1. The van der Waals surface area contributed by atoms with Crippen LogP contribution in [0.25, 0.3) is 0 Å². The molecule has 3 atom stereocenters. The minimum Gasteiger partial charge on any atom is -0.497 e. The van der Waals surface area contributed by atoms with Crippen molar-refractivity contribution in [1.29, 1.82) is 0 Å². The van der Waals surface area contributed by atoms with Crippen molar-refractivity contribution in [3.8, 4) is 5.75 Å². The van der Waals surface area contributed by atoms with Crippen LogP contribution in [0.4, 0.5) is 0 Å². The minimum absolute atomic E-state index is 0. The number of thioether (sulfide) groups is 1. The summed E-state index contributed by atoms with van der Waals surface area (Å²) in [5, 5.41) is 9.06. The fourth-order valence-corrected chi connectivity index (χ4v) is 4.97. The molecule has 2 aliphatic heterocycles. The number of carbonyl (C=O) groups excluding carboxylic acids is 1. The molecule has 2 heterocycles. The number of β-lactam (4-membered cyclic amide) rings is 1. The largest absolute Gasteiger partial charge is 0.497 e. The van der Waals surface area contributed by atoms with Gasteiger partial charge in [-0.05, 0) is 29.7 Å². The number of nitrogens with two attached hydrogens (primary N) is 1. The van der Waals surface area contributed by atoms with Crippen molar-refractivity contribution in [1.82, 2.24) is 4.90 Å². The molecule has 25 heavy (non-hydrogen) atoms. The molecule has 0 spiro atoms. The minimum atomic E-state index is -1.14. The van der Waals surface area contributed by atoms with E-state index in [1.807, 2.05) is 24.3 Å². The topological polar surface area (TPSA) is 92.9 Å². The highest BCUT2D eigenvalue weighted by Gasteiger charge is 2.53. The average Bonchev–Trinajstić information content (AvgIpc) is 2.60. The van der Waals surface area contributed by atoms with Crippen LogP contribution < -0.4 is 10.5 Å². The van der Waals surface area contributed by atoms with E-state index in [4.69, 9.17) is 22.1 Å². The highest BCUT2D eigenvalue weighted by molar-refractivity contribution is 8.00. The van der Waals surface area contributed by atoms with Gasteiger partial charge in [0.25, 0.3) is 0 Å². The Kier molecular flexibility index (Phi) is 6.26. The van der Waals surface area contributed by atoms with Gasteiger partial charge in [-0.15, -0.1) is 35.8 Å². The molecule has 1 aromatic rings. The Labute approximate surface area is 160 Å². The van der Waals surface area contributed by atoms with Crippen LogP contribution in [-0.4, -0.2) is 51.5 Å². The summed E-state index contributed by atoms with van der Waals surface area (Å²) in [6.07, 6.45) is 0.610. The molecule has 6 nitrogen and oxygen atoms in total. The molecular formula is C16H18Cl2N2O4S. The van der Waals surface area contributed by atoms with Gasteiger partial charge in [0.05, 0.1) is 7.11 Å². The van der Waals surface area contributed by atoms with Gasteiger partial charge in [0.15, 0.2) is 0 Å². The van der Waals surface area contributed by atoms with Crippen molar-refractivity contribution in [2.45, 2.75) is 23.1 Å². The monoisotopic (exact) mass is 404 g/mol. The first kappa shape index (κ1) is 19.9. The van der Waals surface area contributed by atoms with Gasteiger partial charge in [0.2, 0.25) is 5.91 Å². The van der Waals surface area contributed by atoms with E-state index in [0.717, 1.165) is 11.3 Å². The van der Waals surface area contributed by atoms with Crippen LogP contribution in [0.15, 0.2) is 35.5 Å². The Morgan fingerprint density at radius 3 is 2.56 bits per heavy atom. The molecule has 0 saturated carbocycles. The van der Waals surface area contributed by atoms with Gasteiger partial charge in [-0.3, -0.25) is 9.69 Å². The standard InChI is InChI=1S/C16H17ClN2O4S.ClH/c1-23-9-4-2-8(3-5-9)6-11-10(7-17)13(16(21)22)19-14(20)12(18)15(19)24-11;/h2-5,11-12,15H,6-7,18H2,1H3,(H,21,22);1H/t11?,12-,15+;/m0./s1. The molecule has 1 aromatic carbocycles. The number of amides is 1. The van der Waals surface area contributed by atoms with Gasteiger partial charge in [0.1, 0.15) is 22.9 Å². The van der Waals surface area contributed by atoms with E-state index >= 15 is 0 Å². The number of hydrogen-bond acceptors (Lipinski definition) is 5. The number of carbonyl (C=O) groups is 2. The average molecular weight is 405 g/mol. The number of alkyl halides is 1. The van der Waals surface area contributed by atoms with Gasteiger partial charge in [-0.1, -0.05) is 12.1 Å². The number of carboxylic acid groups (broad SMARTS) is 1. The third-order valence-electron chi connectivity index (χ3n) is 4.25. The van der Waals surface area contributed by atoms with E-state index in [-0.39, 0.29) is 40.5 Å². The number of benzene rings is 1. The van der Waals surface area contributed by atoms with E-state index < -0.39 is 12.0 Å². The first-order valence-electron chi connectivity index (χ1n) is 7.37. The summed E-state index contributed by atoms with van der Waals surface area (Å²) in [5.74, 6) is -0.695. The highest BCUT2D eigenvalue weighted by atomic mass is 35.5. The smallest absolute Gasteiger partial charge is 0.352 e. The Morgan fingerprint density at radius 2 is 2.04 bits per heavy atom. The first-order valence-corrected chi connectivity index (χ1v) is 8.85. The normalized spacial score (nSPS) is 25.0. The van der Waals surface area contributed by atoms with Crippen LogP contribution in [0.2, 0.25) is 0 Å². The quantitative estimate of drug-likeness (QED) is 0.574. The molecule has 1 saturated heterocycles. The lowest BCUT2D eigenvalue weighted by molar-refractivity contribution is -0.148. The Hall–Kier alpha value is -1.41. The lowest BCUT2D eigenvalue weighted by Crippen LogP contribution is -2.69. The predicted octanol–water partition coefficient (Wildman–Crippen LogP) is 1.85. The third kappa shape index (κ3) is 3.46. The second-order valence-electron chi connectivity index (χ2n) is 5.61. The molecule has 1 amide bonds. The number of carboxylic acids is 1. The number of methoxy groups -OCH3 is 1. The van der Waals surface area contributed by atoms with Gasteiger partial charge < -0.3 is 15.6 Å². The van der Waals surface area contributed by atoms with Gasteiger partial charge >= 0.3 is 5.97 Å². The van der Waals surface area contributed by atoms with Crippen LogP contribution in [0, 0.1) is 0 Å². The molecule has 0 aromatic heterocycles. The summed E-state index contributed by atoms with van der Waals surface area (Å²) in [5.41, 5.74) is 7.42. The van der Waals surface area contributed by atoms with Crippen LogP contribution in [0.3, 0.4) is 0 Å². The highest BCUT2D eigenvalue weighted by Crippen LogP contribution is 2.44. The maximum Gasteiger partial charge on any atom is 0.352 e. The van der Waals surface area contributed by atoms with Gasteiger partial charge in [-0.2, -0.15) is 0 Å². The summed E-state index contributed by atoms with van der Waals surface area (Å²) in [6, 6.07) is 6.92. The number of nitrogens with zero attached hydrogens (tertiary/aromatic N) is 1. The van der Waals surface area contributed by atoms with Crippen molar-refractivity contribution in [2.24, 2.45) is 5.73 Å². The van der Waals surface area contributed by atoms with E-state index in [1.165, 1.54) is 16.7 Å². The second kappa shape index (κ2) is 7.86. The van der Waals surface area contributed by atoms with E-state index in [9.17, 15) is 14.7 Å². The predicted molar refractivity (Wildman–Crippen MR) is 99.3 cm³/mol. The van der Waals surface area contributed by atoms with Crippen molar-refractivity contribution < 1.29 is 19.4 Å². The fraction of sp³-hybridized carbons (Fsp3) is 0.375. The summed E-state index contributed by atoms with van der Waals surface area (Å²) in [4.78, 5) is 24.9. The molecule has 3 rings (SSSR count). The molecule has 9 heteroatoms. The molecule has 0 aliphatic carbocycles. The molecule has 136 valence electrons. The zero-order valence-corrected chi connectivity index (χ0v) is 15.7. The lowest BCUT2D eigenvalue weighted by Gasteiger charge is -2.50. The molecule has 2 aliphatic rings. The summed E-state index contributed by atoms with van der Waals surface area (Å²) < 4.78 is 5.14. The van der Waals surface area contributed by atoms with Crippen LogP contribution in [0.1, 0.15) is 5.56 Å². The van der Waals surface area contributed by atoms with Crippen molar-refractivity contribution >= 4 is 47.6 Å².